The van der Waals surface area contributed by atoms with Crippen LogP contribution in [0.3, 0.4) is 0 Å². The summed E-state index contributed by atoms with van der Waals surface area (Å²) >= 11 is 0. The summed E-state index contributed by atoms with van der Waals surface area (Å²) in [6.07, 6.45) is -3.61. The molecule has 2 amide bonds. The van der Waals surface area contributed by atoms with Gasteiger partial charge in [-0.1, -0.05) is 6.92 Å². The minimum atomic E-state index is -4.55. The molecule has 182 valence electrons. The lowest BCUT2D eigenvalue weighted by Gasteiger charge is -2.37. The van der Waals surface area contributed by atoms with E-state index in [0.29, 0.717) is 44.2 Å². The van der Waals surface area contributed by atoms with E-state index in [1.807, 2.05) is 11.8 Å². The lowest BCUT2D eigenvalue weighted by molar-refractivity contribution is -0.141. The average Bonchev–Trinajstić information content (AvgIpc) is 3.11. The fourth-order valence-electron chi connectivity index (χ4n) is 4.21. The number of hydrogen-bond acceptors (Lipinski definition) is 7. The highest BCUT2D eigenvalue weighted by Crippen LogP contribution is 2.31. The zero-order chi connectivity index (χ0) is 24.5. The van der Waals surface area contributed by atoms with E-state index in [1.165, 1.54) is 11.8 Å². The Morgan fingerprint density at radius 1 is 1.06 bits per heavy atom. The lowest BCUT2D eigenvalue weighted by atomic mass is 10.1. The minimum absolute atomic E-state index is 0.0468. The highest BCUT2D eigenvalue weighted by Gasteiger charge is 2.43. The summed E-state index contributed by atoms with van der Waals surface area (Å²) < 4.78 is 44.9. The summed E-state index contributed by atoms with van der Waals surface area (Å²) in [5.74, 6) is 0.357. The largest absolute Gasteiger partial charge is 0.494 e. The Kier molecular flexibility index (Phi) is 6.74. The molecular formula is C23H26F3N5O3. The molecular weight excluding hydrogens is 451 g/mol. The molecule has 8 nitrogen and oxygen atoms in total. The molecule has 1 aromatic carbocycles. The number of carbonyl (C=O) groups is 2. The normalized spacial score (nSPS) is 19.7. The maximum absolute atomic E-state index is 13.1. The number of hydrogen-bond donors (Lipinski definition) is 0. The zero-order valence-electron chi connectivity index (χ0n) is 19.0. The van der Waals surface area contributed by atoms with Gasteiger partial charge >= 0.3 is 6.18 Å². The van der Waals surface area contributed by atoms with E-state index in [-0.39, 0.29) is 29.9 Å². The fourth-order valence-corrected chi connectivity index (χ4v) is 4.21. The molecule has 0 radical (unpaired) electrons. The number of benzene rings is 1. The number of rotatable bonds is 6. The Morgan fingerprint density at radius 3 is 2.35 bits per heavy atom. The number of ether oxygens (including phenoxy) is 1. The van der Waals surface area contributed by atoms with Crippen molar-refractivity contribution in [3.05, 3.63) is 41.9 Å². The predicted molar refractivity (Wildman–Crippen MR) is 119 cm³/mol. The van der Waals surface area contributed by atoms with Crippen LogP contribution in [0, 0.1) is 6.92 Å². The number of anilines is 2. The second-order valence-electron chi connectivity index (χ2n) is 8.31. The van der Waals surface area contributed by atoms with E-state index in [2.05, 4.69) is 9.97 Å². The summed E-state index contributed by atoms with van der Waals surface area (Å²) in [5.41, 5.74) is -0.480. The molecule has 2 aliphatic rings. The lowest BCUT2D eigenvalue weighted by Crippen LogP contribution is -2.52. The van der Waals surface area contributed by atoms with Crippen LogP contribution in [0.1, 0.15) is 31.3 Å². The smallest absolute Gasteiger partial charge is 0.433 e. The molecule has 2 saturated heterocycles. The van der Waals surface area contributed by atoms with Crippen LogP contribution in [0.5, 0.6) is 5.75 Å². The Morgan fingerprint density at radius 2 is 1.74 bits per heavy atom. The molecule has 0 aliphatic carbocycles. The van der Waals surface area contributed by atoms with Crippen molar-refractivity contribution in [1.82, 2.24) is 14.9 Å². The first-order valence-corrected chi connectivity index (χ1v) is 11.2. The molecule has 1 atom stereocenters. The van der Waals surface area contributed by atoms with Crippen LogP contribution in [-0.4, -0.2) is 65.5 Å². The van der Waals surface area contributed by atoms with Gasteiger partial charge in [0, 0.05) is 32.2 Å². The standard InChI is InChI=1S/C23H26F3N5O3/c1-3-12-34-17-6-4-16(5-7-17)31-21(32)13-18(22(31)33)29-8-10-30(11-9-29)20-14-19(23(24,25)26)27-15(2)28-20/h4-7,14,18H,3,8-13H2,1-2H3. The van der Waals surface area contributed by atoms with Crippen LogP contribution in [0.4, 0.5) is 24.7 Å². The maximum Gasteiger partial charge on any atom is 0.433 e. The molecule has 0 bridgehead atoms. The van der Waals surface area contributed by atoms with Crippen LogP contribution in [-0.2, 0) is 15.8 Å². The van der Waals surface area contributed by atoms with Gasteiger partial charge in [0.15, 0.2) is 0 Å². The second-order valence-corrected chi connectivity index (χ2v) is 8.31. The highest BCUT2D eigenvalue weighted by atomic mass is 19.4. The minimum Gasteiger partial charge on any atom is -0.494 e. The molecule has 3 heterocycles. The zero-order valence-corrected chi connectivity index (χ0v) is 19.0. The van der Waals surface area contributed by atoms with Crippen molar-refractivity contribution in [2.45, 2.75) is 38.9 Å². The Labute approximate surface area is 195 Å². The quantitative estimate of drug-likeness (QED) is 0.592. The number of aromatic nitrogens is 2. The number of imide groups is 1. The third kappa shape index (κ3) is 4.98. The van der Waals surface area contributed by atoms with E-state index in [1.54, 1.807) is 29.2 Å². The Hall–Kier alpha value is -3.21. The Bertz CT molecular complexity index is 1050. The van der Waals surface area contributed by atoms with Gasteiger partial charge in [-0.05, 0) is 37.6 Å². The van der Waals surface area contributed by atoms with Crippen molar-refractivity contribution in [3.8, 4) is 5.75 Å². The third-order valence-corrected chi connectivity index (χ3v) is 5.88. The van der Waals surface area contributed by atoms with Gasteiger partial charge in [-0.15, -0.1) is 0 Å². The van der Waals surface area contributed by atoms with Gasteiger partial charge in [0.2, 0.25) is 5.91 Å². The van der Waals surface area contributed by atoms with Gasteiger partial charge in [0.05, 0.1) is 24.8 Å². The number of alkyl halides is 3. The number of amides is 2. The van der Waals surface area contributed by atoms with Gasteiger partial charge in [-0.2, -0.15) is 13.2 Å². The van der Waals surface area contributed by atoms with E-state index in [9.17, 15) is 22.8 Å². The van der Waals surface area contributed by atoms with Crippen LogP contribution < -0.4 is 14.5 Å². The molecule has 1 aromatic heterocycles. The molecule has 2 aromatic rings. The van der Waals surface area contributed by atoms with E-state index in [0.717, 1.165) is 12.5 Å². The first kappa shape index (κ1) is 23.9. The molecule has 1 unspecified atom stereocenters. The highest BCUT2D eigenvalue weighted by molar-refractivity contribution is 6.22. The molecule has 4 rings (SSSR count). The van der Waals surface area contributed by atoms with Crippen LogP contribution in [0.25, 0.3) is 0 Å². The van der Waals surface area contributed by atoms with Crippen molar-refractivity contribution >= 4 is 23.3 Å². The van der Waals surface area contributed by atoms with Crippen molar-refractivity contribution in [3.63, 3.8) is 0 Å². The SMILES string of the molecule is CCCOc1ccc(N2C(=O)CC(N3CCN(c4cc(C(F)(F)F)nc(C)n4)CC3)C2=O)cc1. The molecule has 0 N–H and O–H groups in total. The van der Waals surface area contributed by atoms with Crippen LogP contribution in [0.2, 0.25) is 0 Å². The summed E-state index contributed by atoms with van der Waals surface area (Å²) in [6.45, 7) is 5.63. The topological polar surface area (TPSA) is 78.9 Å². The van der Waals surface area contributed by atoms with Gasteiger partial charge in [0.25, 0.3) is 5.91 Å². The van der Waals surface area contributed by atoms with E-state index >= 15 is 0 Å². The van der Waals surface area contributed by atoms with Crippen molar-refractivity contribution in [2.24, 2.45) is 0 Å². The van der Waals surface area contributed by atoms with Crippen molar-refractivity contribution < 1.29 is 27.5 Å². The first-order valence-electron chi connectivity index (χ1n) is 11.2. The van der Waals surface area contributed by atoms with Gasteiger partial charge in [0.1, 0.15) is 23.1 Å². The van der Waals surface area contributed by atoms with Gasteiger partial charge < -0.3 is 9.64 Å². The molecule has 0 spiro atoms. The molecule has 11 heteroatoms. The number of carbonyl (C=O) groups excluding carboxylic acids is 2. The summed E-state index contributed by atoms with van der Waals surface area (Å²) in [4.78, 5) is 38.3. The predicted octanol–water partition coefficient (Wildman–Crippen LogP) is 3.05. The third-order valence-electron chi connectivity index (χ3n) is 5.88. The second kappa shape index (κ2) is 9.57. The molecule has 34 heavy (non-hydrogen) atoms. The van der Waals surface area contributed by atoms with Crippen LogP contribution >= 0.6 is 0 Å². The number of aryl methyl sites for hydroxylation is 1. The number of piperazine rings is 1. The monoisotopic (exact) mass is 477 g/mol. The molecule has 2 aliphatic heterocycles. The van der Waals surface area contributed by atoms with Crippen molar-refractivity contribution in [1.29, 1.82) is 0 Å². The number of halogens is 3. The summed E-state index contributed by atoms with van der Waals surface area (Å²) in [7, 11) is 0. The van der Waals surface area contributed by atoms with Gasteiger partial charge in [-0.25, -0.2) is 14.9 Å². The van der Waals surface area contributed by atoms with Crippen LogP contribution in [0.15, 0.2) is 30.3 Å². The van der Waals surface area contributed by atoms with Gasteiger partial charge in [-0.3, -0.25) is 14.5 Å². The van der Waals surface area contributed by atoms with E-state index < -0.39 is 17.9 Å². The summed E-state index contributed by atoms with van der Waals surface area (Å²) in [6, 6.07) is 7.20. The first-order chi connectivity index (χ1) is 16.2. The van der Waals surface area contributed by atoms with Crippen molar-refractivity contribution in [2.75, 3.05) is 42.6 Å². The summed E-state index contributed by atoms with van der Waals surface area (Å²) in [5, 5.41) is 0. The van der Waals surface area contributed by atoms with E-state index in [4.69, 9.17) is 4.74 Å². The molecule has 0 saturated carbocycles. The average molecular weight is 477 g/mol. The fraction of sp³-hybridized carbons (Fsp3) is 0.478. The molecule has 2 fully saturated rings. The maximum atomic E-state index is 13.1. The number of nitrogens with zero attached hydrogens (tertiary/aromatic N) is 5. The Balaban J connectivity index is 1.41.